The van der Waals surface area contributed by atoms with Crippen molar-refractivity contribution in [2.45, 2.75) is 37.1 Å². The number of thioether (sulfide) groups is 1. The van der Waals surface area contributed by atoms with Crippen LogP contribution in [0.15, 0.2) is 22.7 Å². The summed E-state index contributed by atoms with van der Waals surface area (Å²) in [6.07, 6.45) is 6.09. The fourth-order valence-corrected chi connectivity index (χ4v) is 3.48. The normalized spacial score (nSPS) is 24.1. The highest BCUT2D eigenvalue weighted by Crippen LogP contribution is 2.29. The minimum Gasteiger partial charge on any atom is -0.507 e. The van der Waals surface area contributed by atoms with Crippen molar-refractivity contribution < 1.29 is 5.11 Å². The fraction of sp³-hybridized carbons (Fsp3) is 0.538. The molecule has 0 bridgehead atoms. The quantitative estimate of drug-likeness (QED) is 0.891. The minimum atomic E-state index is 0.303. The predicted octanol–water partition coefficient (Wildman–Crippen LogP) is 3.53. The average Bonchev–Trinajstić information content (AvgIpc) is 2.79. The van der Waals surface area contributed by atoms with E-state index in [-0.39, 0.29) is 0 Å². The van der Waals surface area contributed by atoms with Gasteiger partial charge in [-0.3, -0.25) is 0 Å². The summed E-state index contributed by atoms with van der Waals surface area (Å²) in [5.41, 5.74) is 1.21. The summed E-state index contributed by atoms with van der Waals surface area (Å²) in [6.45, 7) is 0.880. The Morgan fingerprint density at radius 3 is 2.94 bits per heavy atom. The first-order chi connectivity index (χ1) is 8.19. The second kappa shape index (κ2) is 6.12. The molecule has 0 aliphatic heterocycles. The highest BCUT2D eigenvalue weighted by atomic mass is 79.9. The maximum Gasteiger partial charge on any atom is 0.129 e. The fourth-order valence-electron chi connectivity index (χ4n) is 2.26. The molecule has 1 aliphatic rings. The number of benzene rings is 1. The van der Waals surface area contributed by atoms with Crippen molar-refractivity contribution in [1.29, 1.82) is 0 Å². The highest BCUT2D eigenvalue weighted by Gasteiger charge is 2.23. The summed E-state index contributed by atoms with van der Waals surface area (Å²) >= 11 is 5.32. The van der Waals surface area contributed by atoms with Crippen molar-refractivity contribution in [2.75, 3.05) is 6.26 Å². The van der Waals surface area contributed by atoms with Gasteiger partial charge >= 0.3 is 0 Å². The van der Waals surface area contributed by atoms with Gasteiger partial charge in [-0.05, 0) is 59.1 Å². The Hall–Kier alpha value is -0.190. The lowest BCUT2D eigenvalue weighted by atomic mass is 10.2. The Morgan fingerprint density at radius 1 is 1.47 bits per heavy atom. The van der Waals surface area contributed by atoms with Crippen molar-refractivity contribution in [3.05, 3.63) is 28.2 Å². The van der Waals surface area contributed by atoms with E-state index in [2.05, 4.69) is 27.5 Å². The van der Waals surface area contributed by atoms with Crippen LogP contribution in [0.2, 0.25) is 0 Å². The zero-order chi connectivity index (χ0) is 12.3. The second-order valence-electron chi connectivity index (χ2n) is 4.53. The molecule has 0 aromatic heterocycles. The maximum atomic E-state index is 9.42. The molecule has 4 heteroatoms. The zero-order valence-corrected chi connectivity index (χ0v) is 12.4. The van der Waals surface area contributed by atoms with Crippen LogP contribution in [0, 0.1) is 0 Å². The van der Waals surface area contributed by atoms with Crippen LogP contribution < -0.4 is 5.32 Å². The van der Waals surface area contributed by atoms with E-state index < -0.39 is 0 Å². The largest absolute Gasteiger partial charge is 0.507 e. The zero-order valence-electron chi connectivity index (χ0n) is 9.95. The van der Waals surface area contributed by atoms with Crippen LogP contribution >= 0.6 is 27.7 Å². The third kappa shape index (κ3) is 3.63. The molecule has 1 aliphatic carbocycles. The predicted molar refractivity (Wildman–Crippen MR) is 77.6 cm³/mol. The van der Waals surface area contributed by atoms with Crippen molar-refractivity contribution in [3.8, 4) is 5.75 Å². The molecule has 1 saturated carbocycles. The van der Waals surface area contributed by atoms with Gasteiger partial charge in [-0.25, -0.2) is 0 Å². The molecule has 2 N–H and O–H groups in total. The Balaban J connectivity index is 1.84. The van der Waals surface area contributed by atoms with Crippen LogP contribution in [0.4, 0.5) is 0 Å². The van der Waals surface area contributed by atoms with Gasteiger partial charge in [0.15, 0.2) is 0 Å². The van der Waals surface area contributed by atoms with Gasteiger partial charge in [0, 0.05) is 17.8 Å². The Morgan fingerprint density at radius 2 is 2.29 bits per heavy atom. The number of halogens is 1. The molecular formula is C13H18BrNOS. The Kier molecular flexibility index (Phi) is 4.77. The molecule has 2 rings (SSSR count). The number of rotatable bonds is 4. The van der Waals surface area contributed by atoms with Crippen LogP contribution in [-0.4, -0.2) is 22.7 Å². The number of phenols is 1. The average molecular weight is 316 g/mol. The molecule has 0 radical (unpaired) electrons. The summed E-state index contributed by atoms with van der Waals surface area (Å²) < 4.78 is 0.769. The first-order valence-corrected chi connectivity index (χ1v) is 8.00. The summed E-state index contributed by atoms with van der Waals surface area (Å²) in [6, 6.07) is 6.33. The lowest BCUT2D eigenvalue weighted by molar-refractivity contribution is 0.471. The van der Waals surface area contributed by atoms with E-state index in [0.29, 0.717) is 11.8 Å². The molecule has 17 heavy (non-hydrogen) atoms. The smallest absolute Gasteiger partial charge is 0.129 e. The van der Waals surface area contributed by atoms with Gasteiger partial charge in [0.25, 0.3) is 0 Å². The number of hydrogen-bond donors (Lipinski definition) is 2. The number of aromatic hydroxyl groups is 1. The molecule has 94 valence electrons. The molecular weight excluding hydrogens is 298 g/mol. The number of hydrogen-bond acceptors (Lipinski definition) is 3. The SMILES string of the molecule is CSC1CCC(NCc2ccc(O)c(Br)c2)C1. The Bertz CT molecular complexity index is 386. The van der Waals surface area contributed by atoms with Gasteiger partial charge in [-0.2, -0.15) is 11.8 Å². The lowest BCUT2D eigenvalue weighted by Crippen LogP contribution is -2.26. The summed E-state index contributed by atoms with van der Waals surface area (Å²) in [4.78, 5) is 0. The Labute approximate surface area is 115 Å². The van der Waals surface area contributed by atoms with Gasteiger partial charge in [0.1, 0.15) is 5.75 Å². The van der Waals surface area contributed by atoms with E-state index in [1.165, 1.54) is 24.8 Å². The van der Waals surface area contributed by atoms with Crippen LogP contribution in [0.3, 0.4) is 0 Å². The molecule has 0 heterocycles. The van der Waals surface area contributed by atoms with E-state index in [4.69, 9.17) is 0 Å². The monoisotopic (exact) mass is 315 g/mol. The van der Waals surface area contributed by atoms with E-state index in [9.17, 15) is 5.11 Å². The van der Waals surface area contributed by atoms with E-state index >= 15 is 0 Å². The van der Waals surface area contributed by atoms with Crippen molar-refractivity contribution in [2.24, 2.45) is 0 Å². The van der Waals surface area contributed by atoms with Crippen molar-refractivity contribution in [3.63, 3.8) is 0 Å². The maximum absolute atomic E-state index is 9.42. The molecule has 0 spiro atoms. The van der Waals surface area contributed by atoms with Crippen LogP contribution in [0.1, 0.15) is 24.8 Å². The van der Waals surface area contributed by atoms with Crippen LogP contribution in [0.5, 0.6) is 5.75 Å². The van der Waals surface area contributed by atoms with Crippen molar-refractivity contribution in [1.82, 2.24) is 5.32 Å². The molecule has 1 fully saturated rings. The third-order valence-electron chi connectivity index (χ3n) is 3.32. The second-order valence-corrected chi connectivity index (χ2v) is 6.53. The summed E-state index contributed by atoms with van der Waals surface area (Å²) in [5.74, 6) is 0.303. The van der Waals surface area contributed by atoms with Gasteiger partial charge in [-0.15, -0.1) is 0 Å². The van der Waals surface area contributed by atoms with Gasteiger partial charge in [0.05, 0.1) is 4.47 Å². The first kappa shape index (κ1) is 13.2. The van der Waals surface area contributed by atoms with Crippen molar-refractivity contribution >= 4 is 27.7 Å². The minimum absolute atomic E-state index is 0.303. The number of phenolic OH excluding ortho intramolecular Hbond substituents is 1. The molecule has 0 saturated heterocycles. The molecule has 0 amide bonds. The van der Waals surface area contributed by atoms with Gasteiger partial charge in [0.2, 0.25) is 0 Å². The van der Waals surface area contributed by atoms with Gasteiger partial charge in [-0.1, -0.05) is 6.07 Å². The molecule has 1 aromatic rings. The number of nitrogens with one attached hydrogen (secondary N) is 1. The molecule has 2 nitrogen and oxygen atoms in total. The van der Waals surface area contributed by atoms with Crippen LogP contribution in [-0.2, 0) is 6.54 Å². The van der Waals surface area contributed by atoms with E-state index in [0.717, 1.165) is 16.3 Å². The summed E-state index contributed by atoms with van der Waals surface area (Å²) in [7, 11) is 0. The molecule has 1 aromatic carbocycles. The standard InChI is InChI=1S/C13H18BrNOS/c1-17-11-4-3-10(7-11)15-8-9-2-5-13(16)12(14)6-9/h2,5-6,10-11,15-16H,3-4,7-8H2,1H3. The topological polar surface area (TPSA) is 32.3 Å². The summed E-state index contributed by atoms with van der Waals surface area (Å²) in [5, 5.41) is 13.8. The van der Waals surface area contributed by atoms with Crippen LogP contribution in [0.25, 0.3) is 0 Å². The van der Waals surface area contributed by atoms with Gasteiger partial charge < -0.3 is 10.4 Å². The highest BCUT2D eigenvalue weighted by molar-refractivity contribution is 9.10. The third-order valence-corrected chi connectivity index (χ3v) is 5.05. The molecule has 2 unspecified atom stereocenters. The first-order valence-electron chi connectivity index (χ1n) is 5.92. The molecule has 2 atom stereocenters. The van der Waals surface area contributed by atoms with E-state index in [1.54, 1.807) is 6.07 Å². The lowest BCUT2D eigenvalue weighted by Gasteiger charge is -2.13. The van der Waals surface area contributed by atoms with E-state index in [1.807, 2.05) is 23.9 Å².